The van der Waals surface area contributed by atoms with Gasteiger partial charge in [0.15, 0.2) is 6.61 Å². The van der Waals surface area contributed by atoms with Gasteiger partial charge in [0.05, 0.1) is 11.8 Å². The van der Waals surface area contributed by atoms with E-state index in [4.69, 9.17) is 9.47 Å². The summed E-state index contributed by atoms with van der Waals surface area (Å²) < 4.78 is 12.6. The number of hydrogen-bond acceptors (Lipinski definition) is 6. The average molecular weight is 315 g/mol. The standard InChI is InChI=1S/C15H17N5O3/c21-15(17-13-7-14-12(13)4-5-22-14)8-23-11-3-1-2-10(6-11)20-9-16-18-19-20/h1-3,6,9,12-14H,4-5,7-8H2,(H,17,21)/t12-,13+,14+/m1/s1. The number of fused-ring (bicyclic) bond motifs is 1. The maximum atomic E-state index is 12.0. The zero-order valence-corrected chi connectivity index (χ0v) is 12.5. The monoisotopic (exact) mass is 315 g/mol. The van der Waals surface area contributed by atoms with E-state index in [-0.39, 0.29) is 18.6 Å². The predicted octanol–water partition coefficient (Wildman–Crippen LogP) is 0.335. The molecular formula is C15H17N5O3. The third-order valence-corrected chi connectivity index (χ3v) is 4.41. The number of nitrogens with one attached hydrogen (secondary N) is 1. The minimum absolute atomic E-state index is 0.00615. The highest BCUT2D eigenvalue weighted by Gasteiger charge is 2.45. The minimum Gasteiger partial charge on any atom is -0.484 e. The Hall–Kier alpha value is -2.48. The van der Waals surface area contributed by atoms with Crippen LogP contribution in [0.3, 0.4) is 0 Å². The number of amides is 1. The lowest BCUT2D eigenvalue weighted by molar-refractivity contribution is -0.126. The van der Waals surface area contributed by atoms with E-state index in [9.17, 15) is 4.79 Å². The number of aromatic nitrogens is 4. The fraction of sp³-hybridized carbons (Fsp3) is 0.467. The maximum Gasteiger partial charge on any atom is 0.258 e. The van der Waals surface area contributed by atoms with Gasteiger partial charge in [-0.2, -0.15) is 0 Å². The molecule has 2 aromatic rings. The van der Waals surface area contributed by atoms with Crippen LogP contribution in [0.15, 0.2) is 30.6 Å². The van der Waals surface area contributed by atoms with Crippen LogP contribution in [0, 0.1) is 5.92 Å². The zero-order valence-electron chi connectivity index (χ0n) is 12.5. The van der Waals surface area contributed by atoms with Gasteiger partial charge < -0.3 is 14.8 Å². The Bertz CT molecular complexity index is 690. The molecule has 1 aromatic heterocycles. The van der Waals surface area contributed by atoms with Gasteiger partial charge in [0.2, 0.25) is 0 Å². The quantitative estimate of drug-likeness (QED) is 0.855. The normalized spacial score (nSPS) is 25.5. The van der Waals surface area contributed by atoms with Crippen LogP contribution in [0.4, 0.5) is 0 Å². The third-order valence-electron chi connectivity index (χ3n) is 4.41. The molecule has 1 saturated carbocycles. The minimum atomic E-state index is -0.104. The lowest BCUT2D eigenvalue weighted by Crippen LogP contribution is -2.54. The van der Waals surface area contributed by atoms with Gasteiger partial charge in [0.1, 0.15) is 12.1 Å². The van der Waals surface area contributed by atoms with Crippen molar-refractivity contribution in [3.63, 3.8) is 0 Å². The molecule has 1 amide bonds. The zero-order chi connectivity index (χ0) is 15.6. The second-order valence-electron chi connectivity index (χ2n) is 5.81. The Morgan fingerprint density at radius 2 is 2.43 bits per heavy atom. The van der Waals surface area contributed by atoms with Gasteiger partial charge in [-0.3, -0.25) is 4.79 Å². The van der Waals surface area contributed by atoms with Gasteiger partial charge in [-0.05, 0) is 35.4 Å². The van der Waals surface area contributed by atoms with Crippen molar-refractivity contribution in [2.45, 2.75) is 25.0 Å². The van der Waals surface area contributed by atoms with Crippen LogP contribution >= 0.6 is 0 Å². The van der Waals surface area contributed by atoms with Crippen LogP contribution in [-0.2, 0) is 9.53 Å². The topological polar surface area (TPSA) is 91.2 Å². The SMILES string of the molecule is O=C(COc1cccc(-n2cnnn2)c1)N[C@H]1C[C@@H]2OCC[C@H]12. The Morgan fingerprint density at radius 1 is 1.48 bits per heavy atom. The molecule has 1 N–H and O–H groups in total. The van der Waals surface area contributed by atoms with Gasteiger partial charge in [-0.15, -0.1) is 5.10 Å². The summed E-state index contributed by atoms with van der Waals surface area (Å²) in [5.74, 6) is 0.971. The van der Waals surface area contributed by atoms with Gasteiger partial charge in [0.25, 0.3) is 5.91 Å². The molecule has 2 fully saturated rings. The van der Waals surface area contributed by atoms with E-state index < -0.39 is 0 Å². The lowest BCUT2D eigenvalue weighted by atomic mass is 9.76. The molecule has 3 atom stereocenters. The first kappa shape index (κ1) is 14.1. The number of benzene rings is 1. The van der Waals surface area contributed by atoms with Crippen molar-refractivity contribution in [1.82, 2.24) is 25.5 Å². The summed E-state index contributed by atoms with van der Waals surface area (Å²) in [6, 6.07) is 7.50. The first-order valence-corrected chi connectivity index (χ1v) is 7.67. The molecule has 1 saturated heterocycles. The maximum absolute atomic E-state index is 12.0. The van der Waals surface area contributed by atoms with Crippen LogP contribution < -0.4 is 10.1 Å². The third kappa shape index (κ3) is 2.89. The molecule has 2 heterocycles. The number of hydrogen-bond donors (Lipinski definition) is 1. The molecule has 1 aromatic carbocycles. The molecule has 1 aliphatic carbocycles. The number of nitrogens with zero attached hydrogens (tertiary/aromatic N) is 4. The summed E-state index contributed by atoms with van der Waals surface area (Å²) in [6.45, 7) is 0.802. The van der Waals surface area contributed by atoms with Gasteiger partial charge >= 0.3 is 0 Å². The summed E-state index contributed by atoms with van der Waals surface area (Å²) in [6.07, 6.45) is 3.78. The number of tetrazole rings is 1. The smallest absolute Gasteiger partial charge is 0.258 e. The first-order valence-electron chi connectivity index (χ1n) is 7.67. The Kier molecular flexibility index (Phi) is 3.66. The second kappa shape index (κ2) is 5.96. The van der Waals surface area contributed by atoms with Crippen LogP contribution in [-0.4, -0.2) is 51.5 Å². The summed E-state index contributed by atoms with van der Waals surface area (Å²) in [7, 11) is 0. The molecule has 0 unspecified atom stereocenters. The summed E-state index contributed by atoms with van der Waals surface area (Å²) in [5.41, 5.74) is 0.776. The molecule has 1 aliphatic heterocycles. The fourth-order valence-corrected chi connectivity index (χ4v) is 3.16. The van der Waals surface area contributed by atoms with Gasteiger partial charge in [0, 0.05) is 24.6 Å². The van der Waals surface area contributed by atoms with Crippen molar-refractivity contribution in [2.24, 2.45) is 5.92 Å². The van der Waals surface area contributed by atoms with Crippen molar-refractivity contribution in [1.29, 1.82) is 0 Å². The van der Waals surface area contributed by atoms with Crippen LogP contribution in [0.25, 0.3) is 5.69 Å². The van der Waals surface area contributed by atoms with Crippen molar-refractivity contribution in [3.8, 4) is 11.4 Å². The lowest BCUT2D eigenvalue weighted by Gasteiger charge is -2.39. The van der Waals surface area contributed by atoms with E-state index >= 15 is 0 Å². The molecule has 120 valence electrons. The van der Waals surface area contributed by atoms with E-state index in [0.717, 1.165) is 25.1 Å². The van der Waals surface area contributed by atoms with E-state index in [0.29, 0.717) is 17.8 Å². The summed E-state index contributed by atoms with van der Waals surface area (Å²) >= 11 is 0. The molecule has 23 heavy (non-hydrogen) atoms. The Balaban J connectivity index is 1.30. The average Bonchev–Trinajstić information content (AvgIpc) is 3.20. The van der Waals surface area contributed by atoms with Crippen molar-refractivity contribution < 1.29 is 14.3 Å². The largest absolute Gasteiger partial charge is 0.484 e. The highest BCUT2D eigenvalue weighted by molar-refractivity contribution is 5.78. The van der Waals surface area contributed by atoms with E-state index in [1.165, 1.54) is 11.0 Å². The number of ether oxygens (including phenoxy) is 2. The van der Waals surface area contributed by atoms with Gasteiger partial charge in [-0.1, -0.05) is 6.07 Å². The molecule has 0 bridgehead atoms. The molecule has 8 heteroatoms. The highest BCUT2D eigenvalue weighted by Crippen LogP contribution is 2.38. The predicted molar refractivity (Wildman–Crippen MR) is 79.0 cm³/mol. The number of carbonyl (C=O) groups is 1. The number of rotatable bonds is 5. The van der Waals surface area contributed by atoms with Crippen molar-refractivity contribution >= 4 is 5.91 Å². The van der Waals surface area contributed by atoms with E-state index in [1.807, 2.05) is 12.1 Å². The number of carbonyl (C=O) groups excluding carboxylic acids is 1. The second-order valence-corrected chi connectivity index (χ2v) is 5.81. The summed E-state index contributed by atoms with van der Waals surface area (Å²) in [5, 5.41) is 14.0. The summed E-state index contributed by atoms with van der Waals surface area (Å²) in [4.78, 5) is 12.0. The van der Waals surface area contributed by atoms with Gasteiger partial charge in [-0.25, -0.2) is 4.68 Å². The Labute approximate surface area is 132 Å². The van der Waals surface area contributed by atoms with Crippen LogP contribution in [0.5, 0.6) is 5.75 Å². The Morgan fingerprint density at radius 3 is 3.26 bits per heavy atom. The van der Waals surface area contributed by atoms with Crippen molar-refractivity contribution in [3.05, 3.63) is 30.6 Å². The fourth-order valence-electron chi connectivity index (χ4n) is 3.16. The molecule has 8 nitrogen and oxygen atoms in total. The molecule has 2 aliphatic rings. The molecule has 0 spiro atoms. The van der Waals surface area contributed by atoms with Crippen LogP contribution in [0.1, 0.15) is 12.8 Å². The van der Waals surface area contributed by atoms with E-state index in [2.05, 4.69) is 20.8 Å². The van der Waals surface area contributed by atoms with Crippen LogP contribution in [0.2, 0.25) is 0 Å². The molecule has 0 radical (unpaired) electrons. The molecular weight excluding hydrogens is 298 g/mol. The molecule has 4 rings (SSSR count). The highest BCUT2D eigenvalue weighted by atomic mass is 16.5. The first-order chi connectivity index (χ1) is 11.3. The van der Waals surface area contributed by atoms with E-state index in [1.54, 1.807) is 12.1 Å². The van der Waals surface area contributed by atoms with Crippen molar-refractivity contribution in [2.75, 3.05) is 13.2 Å².